The van der Waals surface area contributed by atoms with Gasteiger partial charge in [-0.1, -0.05) is 11.6 Å². The Kier molecular flexibility index (Phi) is 7.16. The van der Waals surface area contributed by atoms with Gasteiger partial charge in [-0.15, -0.1) is 0 Å². The highest BCUT2D eigenvalue weighted by Crippen LogP contribution is 2.32. The summed E-state index contributed by atoms with van der Waals surface area (Å²) in [6, 6.07) is 5.09. The van der Waals surface area contributed by atoms with Crippen LogP contribution in [0.4, 0.5) is 26.6 Å². The van der Waals surface area contributed by atoms with Gasteiger partial charge in [0.25, 0.3) is 0 Å². The molecule has 2 aliphatic rings. The Labute approximate surface area is 212 Å². The topological polar surface area (TPSA) is 107 Å². The molecule has 1 aromatic heterocycles. The molecule has 11 heteroatoms. The van der Waals surface area contributed by atoms with Crippen molar-refractivity contribution in [3.05, 3.63) is 82.5 Å². The standard InChI is InChI=1S/C25H25ClFN5O4/c1-25(2,3)36-24(33)31-19-9-10-35-20-7-5-14(11-16(19)20)29-22-18(27)13-28-23(32-22)30-15-6-8-21(34-4)17(26)12-15/h5-10,12-13H,11H2,1-4H3,(H,31,33)(H2,28,29,30,32). The van der Waals surface area contributed by atoms with E-state index >= 15 is 0 Å². The van der Waals surface area contributed by atoms with E-state index in [0.29, 0.717) is 45.6 Å². The number of carbonyl (C=O) groups excluding carboxylic acids is 1. The first kappa shape index (κ1) is 25.1. The number of anilines is 3. The zero-order valence-corrected chi connectivity index (χ0v) is 20.9. The van der Waals surface area contributed by atoms with Crippen molar-refractivity contribution in [3.63, 3.8) is 0 Å². The van der Waals surface area contributed by atoms with Crippen LogP contribution in [0.2, 0.25) is 5.02 Å². The molecule has 0 unspecified atom stereocenters. The number of aromatic nitrogens is 2. The summed E-state index contributed by atoms with van der Waals surface area (Å²) in [5, 5.41) is 9.14. The van der Waals surface area contributed by atoms with Crippen LogP contribution in [-0.2, 0) is 9.47 Å². The van der Waals surface area contributed by atoms with Crippen LogP contribution in [0.3, 0.4) is 0 Å². The maximum absolute atomic E-state index is 14.5. The second kappa shape index (κ2) is 10.3. The quantitative estimate of drug-likeness (QED) is 0.436. The third kappa shape index (κ3) is 6.14. The molecule has 188 valence electrons. The normalized spacial score (nSPS) is 14.7. The minimum absolute atomic E-state index is 0.0234. The fourth-order valence-electron chi connectivity index (χ4n) is 3.38. The highest BCUT2D eigenvalue weighted by Gasteiger charge is 2.24. The van der Waals surface area contributed by atoms with Gasteiger partial charge < -0.3 is 24.8 Å². The van der Waals surface area contributed by atoms with Crippen LogP contribution in [0.25, 0.3) is 0 Å². The minimum Gasteiger partial charge on any atom is -0.495 e. The second-order valence-electron chi connectivity index (χ2n) is 8.83. The van der Waals surface area contributed by atoms with Gasteiger partial charge in [-0.25, -0.2) is 14.2 Å². The Balaban J connectivity index is 1.50. The number of rotatable bonds is 6. The fraction of sp³-hybridized carbons (Fsp3) is 0.240. The fourth-order valence-corrected chi connectivity index (χ4v) is 3.64. The number of allylic oxidation sites excluding steroid dienone is 5. The van der Waals surface area contributed by atoms with E-state index in [4.69, 9.17) is 25.8 Å². The van der Waals surface area contributed by atoms with Crippen LogP contribution in [0.1, 0.15) is 27.2 Å². The maximum atomic E-state index is 14.5. The van der Waals surface area contributed by atoms with Crippen LogP contribution in [-0.4, -0.2) is 28.8 Å². The van der Waals surface area contributed by atoms with Crippen molar-refractivity contribution < 1.29 is 23.4 Å². The van der Waals surface area contributed by atoms with Crippen LogP contribution >= 0.6 is 11.6 Å². The number of nitrogens with one attached hydrogen (secondary N) is 3. The third-order valence-electron chi connectivity index (χ3n) is 4.92. The largest absolute Gasteiger partial charge is 0.495 e. The van der Waals surface area contributed by atoms with Crippen molar-refractivity contribution in [1.29, 1.82) is 0 Å². The summed E-state index contributed by atoms with van der Waals surface area (Å²) < 4.78 is 30.6. The van der Waals surface area contributed by atoms with Crippen LogP contribution in [0.5, 0.6) is 5.75 Å². The summed E-state index contributed by atoms with van der Waals surface area (Å²) in [7, 11) is 1.52. The summed E-state index contributed by atoms with van der Waals surface area (Å²) >= 11 is 6.17. The summed E-state index contributed by atoms with van der Waals surface area (Å²) in [6.45, 7) is 5.34. The second-order valence-corrected chi connectivity index (χ2v) is 9.24. The van der Waals surface area contributed by atoms with E-state index in [0.717, 1.165) is 6.20 Å². The summed E-state index contributed by atoms with van der Waals surface area (Å²) in [5.74, 6) is 0.603. The Morgan fingerprint density at radius 1 is 1.22 bits per heavy atom. The van der Waals surface area contributed by atoms with Crippen molar-refractivity contribution in [1.82, 2.24) is 15.3 Å². The van der Waals surface area contributed by atoms with E-state index in [1.54, 1.807) is 57.2 Å². The number of carbonyl (C=O) groups is 1. The van der Waals surface area contributed by atoms with E-state index in [2.05, 4.69) is 25.9 Å². The van der Waals surface area contributed by atoms with Crippen molar-refractivity contribution >= 4 is 35.1 Å². The van der Waals surface area contributed by atoms with E-state index in [1.165, 1.54) is 13.4 Å². The Morgan fingerprint density at radius 3 is 2.75 bits per heavy atom. The molecule has 9 nitrogen and oxygen atoms in total. The molecular formula is C25H25ClFN5O4. The van der Waals surface area contributed by atoms with Gasteiger partial charge >= 0.3 is 6.09 Å². The predicted octanol–water partition coefficient (Wildman–Crippen LogP) is 5.93. The van der Waals surface area contributed by atoms with Gasteiger partial charge in [0.2, 0.25) is 5.95 Å². The number of amides is 1. The number of ether oxygens (including phenoxy) is 3. The Morgan fingerprint density at radius 2 is 2.03 bits per heavy atom. The van der Waals surface area contributed by atoms with Gasteiger partial charge in [-0.3, -0.25) is 5.32 Å². The molecule has 3 N–H and O–H groups in total. The van der Waals surface area contributed by atoms with Crippen LogP contribution in [0.15, 0.2) is 71.6 Å². The molecule has 0 bridgehead atoms. The summed E-state index contributed by atoms with van der Waals surface area (Å²) in [6.07, 6.45) is 7.38. The molecule has 4 rings (SSSR count). The van der Waals surface area contributed by atoms with E-state index in [-0.39, 0.29) is 11.8 Å². The average molecular weight is 514 g/mol. The van der Waals surface area contributed by atoms with Gasteiger partial charge in [-0.2, -0.15) is 4.98 Å². The van der Waals surface area contributed by atoms with E-state index < -0.39 is 17.5 Å². The van der Waals surface area contributed by atoms with E-state index in [1.807, 2.05) is 0 Å². The van der Waals surface area contributed by atoms with Gasteiger partial charge in [0.1, 0.15) is 17.1 Å². The highest BCUT2D eigenvalue weighted by atomic mass is 35.5. The van der Waals surface area contributed by atoms with Gasteiger partial charge in [0.05, 0.1) is 30.3 Å². The molecule has 0 spiro atoms. The number of hydrogen-bond acceptors (Lipinski definition) is 8. The van der Waals surface area contributed by atoms with Crippen molar-refractivity contribution in [2.75, 3.05) is 17.7 Å². The van der Waals surface area contributed by atoms with Crippen molar-refractivity contribution in [3.8, 4) is 5.75 Å². The van der Waals surface area contributed by atoms with Crippen LogP contribution < -0.4 is 20.7 Å². The highest BCUT2D eigenvalue weighted by molar-refractivity contribution is 6.32. The number of methoxy groups -OCH3 is 1. The van der Waals surface area contributed by atoms with Gasteiger partial charge in [0, 0.05) is 23.4 Å². The lowest BCUT2D eigenvalue weighted by Gasteiger charge is -2.25. The molecule has 0 saturated heterocycles. The monoisotopic (exact) mass is 513 g/mol. The first-order valence-electron chi connectivity index (χ1n) is 11.0. The van der Waals surface area contributed by atoms with Crippen molar-refractivity contribution in [2.24, 2.45) is 0 Å². The molecule has 36 heavy (non-hydrogen) atoms. The molecule has 0 radical (unpaired) electrons. The predicted molar refractivity (Wildman–Crippen MR) is 134 cm³/mol. The lowest BCUT2D eigenvalue weighted by atomic mass is 9.99. The molecule has 0 saturated carbocycles. The van der Waals surface area contributed by atoms with Crippen molar-refractivity contribution in [2.45, 2.75) is 32.8 Å². The molecule has 2 aromatic rings. The third-order valence-corrected chi connectivity index (χ3v) is 5.22. The molecule has 1 amide bonds. The molecule has 2 heterocycles. The number of alkyl carbamates (subject to hydrolysis) is 1. The molecule has 0 fully saturated rings. The zero-order chi connectivity index (χ0) is 25.9. The number of halogens is 2. The van der Waals surface area contributed by atoms with Crippen LogP contribution in [0, 0.1) is 5.82 Å². The number of benzene rings is 1. The summed E-state index contributed by atoms with van der Waals surface area (Å²) in [5.41, 5.74) is 1.82. The number of nitrogens with zero attached hydrogens (tertiary/aromatic N) is 2. The van der Waals surface area contributed by atoms with Gasteiger partial charge in [0.15, 0.2) is 11.6 Å². The molecule has 0 atom stereocenters. The summed E-state index contributed by atoms with van der Waals surface area (Å²) in [4.78, 5) is 20.5. The maximum Gasteiger partial charge on any atom is 0.412 e. The lowest BCUT2D eigenvalue weighted by molar-refractivity contribution is 0.0546. The first-order chi connectivity index (χ1) is 17.1. The number of fused-ring (bicyclic) bond motifs is 1. The smallest absolute Gasteiger partial charge is 0.412 e. The Bertz CT molecular complexity index is 1310. The first-order valence-corrected chi connectivity index (χ1v) is 11.4. The molecule has 1 aliphatic carbocycles. The molecular weight excluding hydrogens is 489 g/mol. The lowest BCUT2D eigenvalue weighted by Crippen LogP contribution is -2.33. The minimum atomic E-state index is -0.643. The molecule has 1 aliphatic heterocycles. The van der Waals surface area contributed by atoms with E-state index in [9.17, 15) is 9.18 Å². The Hall–Kier alpha value is -4.05. The average Bonchev–Trinajstić information content (AvgIpc) is 2.80. The zero-order valence-electron chi connectivity index (χ0n) is 20.1. The SMILES string of the molecule is COc1ccc(Nc2ncc(F)c(NC3=CC=C4OC=CC(NC(=O)OC(C)(C)C)=C4C3)n2)cc1Cl. The van der Waals surface area contributed by atoms with Gasteiger partial charge in [-0.05, 0) is 57.2 Å². The molecule has 1 aromatic carbocycles. The number of hydrogen-bond donors (Lipinski definition) is 3.